The Morgan fingerprint density at radius 3 is 1.13 bits per heavy atom. The number of aromatic amines is 3. The van der Waals surface area contributed by atoms with E-state index in [1.807, 2.05) is 72.3 Å². The van der Waals surface area contributed by atoms with Gasteiger partial charge < -0.3 is 25.6 Å². The number of pyridine rings is 3. The Balaban J connectivity index is 0.000000438. The molecule has 3 aromatic heterocycles. The summed E-state index contributed by atoms with van der Waals surface area (Å²) in [6, 6.07) is 1.91. The number of rotatable bonds is 10. The lowest BCUT2D eigenvalue weighted by molar-refractivity contribution is 0.650. The lowest BCUT2D eigenvalue weighted by Gasteiger charge is -2.27. The summed E-state index contributed by atoms with van der Waals surface area (Å²) in [6.45, 7) is 56.4. The van der Waals surface area contributed by atoms with E-state index >= 15 is 0 Å². The summed E-state index contributed by atoms with van der Waals surface area (Å²) in [5.41, 5.74) is 16.8. The highest BCUT2D eigenvalue weighted by atomic mass is 16.1. The van der Waals surface area contributed by atoms with Crippen molar-refractivity contribution < 1.29 is 0 Å². The Labute approximate surface area is 424 Å². The van der Waals surface area contributed by atoms with Crippen LogP contribution >= 0.6 is 0 Å². The minimum Gasteiger partial charge on any atom is -0.365 e. The monoisotopic (exact) mass is 959 g/mol. The zero-order chi connectivity index (χ0) is 54.2. The van der Waals surface area contributed by atoms with Crippen LogP contribution in [-0.4, -0.2) is 15.0 Å². The van der Waals surface area contributed by atoms with Crippen molar-refractivity contribution in [2.75, 3.05) is 0 Å². The van der Waals surface area contributed by atoms with Crippen molar-refractivity contribution in [1.29, 1.82) is 5.26 Å². The molecule has 0 radical (unpaired) electrons. The third kappa shape index (κ3) is 16.8. The third-order valence-corrected chi connectivity index (χ3v) is 12.4. The molecule has 0 saturated heterocycles. The first-order chi connectivity index (χ1) is 32.4. The smallest absolute Gasteiger partial charge is 0.203 e. The maximum Gasteiger partial charge on any atom is 0.203 e. The Bertz CT molecular complexity index is 2530. The molecule has 9 heteroatoms. The molecule has 0 bridgehead atoms. The van der Waals surface area contributed by atoms with Gasteiger partial charge in [-0.2, -0.15) is 5.26 Å². The number of H-pyrrole nitrogens is 3. The molecule has 9 nitrogen and oxygen atoms in total. The van der Waals surface area contributed by atoms with Gasteiger partial charge in [-0.25, -0.2) is 0 Å². The summed E-state index contributed by atoms with van der Waals surface area (Å²) in [4.78, 5) is 45.3. The van der Waals surface area contributed by atoms with E-state index in [4.69, 9.17) is 5.26 Å². The molecule has 5 heterocycles. The van der Waals surface area contributed by atoms with Crippen LogP contribution in [0.25, 0.3) is 0 Å². The molecule has 5 N–H and O–H groups in total. The van der Waals surface area contributed by atoms with E-state index in [1.54, 1.807) is 0 Å². The number of nitriles is 1. The fourth-order valence-electron chi connectivity index (χ4n) is 8.72. The molecular weight excluding hydrogens is 865 g/mol. The van der Waals surface area contributed by atoms with E-state index < -0.39 is 0 Å². The maximum absolute atomic E-state index is 11.9. The van der Waals surface area contributed by atoms with Crippen LogP contribution < -0.4 is 26.9 Å². The van der Waals surface area contributed by atoms with Gasteiger partial charge in [0.25, 0.3) is 0 Å². The molecule has 0 fully saturated rings. The molecule has 0 aromatic carbocycles. The average Bonchev–Trinajstić information content (AvgIpc) is 3.25. The number of allylic oxidation sites excluding steroid dienone is 8. The number of nitrogens with zero attached hydrogens (tertiary/aromatic N) is 1. The summed E-state index contributed by atoms with van der Waals surface area (Å²) in [5.74, 6) is 3.89. The number of aromatic nitrogens is 3. The number of nitrogens with one attached hydrogen (secondary N) is 5. The molecule has 5 rings (SSSR count). The zero-order valence-corrected chi connectivity index (χ0v) is 47.8. The number of aryl methyl sites for hydroxylation is 2. The van der Waals surface area contributed by atoms with Crippen LogP contribution in [0.5, 0.6) is 0 Å². The number of dihydropyridines is 2. The van der Waals surface area contributed by atoms with Crippen LogP contribution in [0.3, 0.4) is 0 Å². The van der Waals surface area contributed by atoms with Crippen molar-refractivity contribution in [3.05, 3.63) is 171 Å². The lowest BCUT2D eigenvalue weighted by Crippen LogP contribution is -2.22. The van der Waals surface area contributed by atoms with Gasteiger partial charge in [-0.1, -0.05) is 152 Å². The van der Waals surface area contributed by atoms with Crippen molar-refractivity contribution in [3.63, 3.8) is 0 Å². The summed E-state index contributed by atoms with van der Waals surface area (Å²) in [5, 5.41) is 15.5. The number of hydrogen-bond acceptors (Lipinski definition) is 6. The Hall–Kier alpha value is -5.62. The summed E-state index contributed by atoms with van der Waals surface area (Å²) in [7, 11) is 0. The lowest BCUT2D eigenvalue weighted by atomic mass is 9.85. The molecule has 0 aliphatic carbocycles. The molecule has 0 atom stereocenters. The summed E-state index contributed by atoms with van der Waals surface area (Å²) < 4.78 is 0. The quantitative estimate of drug-likeness (QED) is 0.137. The van der Waals surface area contributed by atoms with Crippen LogP contribution in [0.1, 0.15) is 231 Å². The summed E-state index contributed by atoms with van der Waals surface area (Å²) in [6.07, 6.45) is 11.2. The SMILES string of the molecule is C=C1C(C)=CNC(C(C)C)=C1C(C)C.C=C1C=CNC(C(C)C)=C1C(C)C.CC(C)c1[nH]cc(C#N)c(=O)c1C(C)C.Cc1c[nH]c(C(C)C)c(C(C)C)c1=O.Cc1c[nH]c(C(C)C)c(C(C)C)c1=O. The van der Waals surface area contributed by atoms with Gasteiger partial charge in [0, 0.05) is 87.3 Å². The highest BCUT2D eigenvalue weighted by Crippen LogP contribution is 2.32. The normalized spacial score (nSPS) is 13.6. The van der Waals surface area contributed by atoms with Crippen LogP contribution in [0.2, 0.25) is 0 Å². The molecular formula is C61H94N6O3. The van der Waals surface area contributed by atoms with Gasteiger partial charge >= 0.3 is 0 Å². The third-order valence-electron chi connectivity index (χ3n) is 12.4. The van der Waals surface area contributed by atoms with Crippen LogP contribution in [-0.2, 0) is 0 Å². The largest absolute Gasteiger partial charge is 0.365 e. The predicted molar refractivity (Wildman–Crippen MR) is 301 cm³/mol. The minimum absolute atomic E-state index is 0.130. The topological polar surface area (TPSA) is 146 Å². The van der Waals surface area contributed by atoms with Crippen LogP contribution in [0, 0.1) is 48.9 Å². The second kappa shape index (κ2) is 28.3. The van der Waals surface area contributed by atoms with Gasteiger partial charge in [0.15, 0.2) is 10.9 Å². The molecule has 2 aliphatic rings. The first kappa shape index (κ1) is 62.4. The predicted octanol–water partition coefficient (Wildman–Crippen LogP) is 15.2. The van der Waals surface area contributed by atoms with Crippen LogP contribution in [0.4, 0.5) is 0 Å². The van der Waals surface area contributed by atoms with Gasteiger partial charge in [-0.3, -0.25) is 14.4 Å². The molecule has 386 valence electrons. The van der Waals surface area contributed by atoms with Crippen molar-refractivity contribution >= 4 is 0 Å². The number of hydrogen-bond donors (Lipinski definition) is 5. The fourth-order valence-corrected chi connectivity index (χ4v) is 8.72. The van der Waals surface area contributed by atoms with E-state index in [1.165, 1.54) is 39.9 Å². The van der Waals surface area contributed by atoms with E-state index in [0.29, 0.717) is 35.5 Å². The van der Waals surface area contributed by atoms with E-state index in [2.05, 4.69) is 163 Å². The van der Waals surface area contributed by atoms with Crippen molar-refractivity contribution in [2.24, 2.45) is 23.7 Å². The fraction of sp³-hybridized carbons (Fsp3) is 0.541. The van der Waals surface area contributed by atoms with Crippen LogP contribution in [0.15, 0.2) is 104 Å². The van der Waals surface area contributed by atoms with Crippen molar-refractivity contribution in [1.82, 2.24) is 25.6 Å². The van der Waals surface area contributed by atoms with E-state index in [0.717, 1.165) is 50.5 Å². The Morgan fingerprint density at radius 1 is 0.457 bits per heavy atom. The molecule has 2 aliphatic heterocycles. The second-order valence-electron chi connectivity index (χ2n) is 21.9. The maximum atomic E-state index is 11.9. The molecule has 0 unspecified atom stereocenters. The van der Waals surface area contributed by atoms with Crippen molar-refractivity contribution in [2.45, 2.75) is 195 Å². The average molecular weight is 959 g/mol. The Kier molecular flexibility index (Phi) is 25.2. The highest BCUT2D eigenvalue weighted by Gasteiger charge is 2.22. The zero-order valence-electron chi connectivity index (χ0n) is 47.8. The van der Waals surface area contributed by atoms with Gasteiger partial charge in [0.2, 0.25) is 5.43 Å². The van der Waals surface area contributed by atoms with E-state index in [-0.39, 0.29) is 45.5 Å². The summed E-state index contributed by atoms with van der Waals surface area (Å²) >= 11 is 0. The van der Waals surface area contributed by atoms with Crippen molar-refractivity contribution in [3.8, 4) is 6.07 Å². The molecule has 70 heavy (non-hydrogen) atoms. The van der Waals surface area contributed by atoms with Gasteiger partial charge in [0.05, 0.1) is 0 Å². The molecule has 0 saturated carbocycles. The second-order valence-corrected chi connectivity index (χ2v) is 21.9. The Morgan fingerprint density at radius 2 is 0.814 bits per heavy atom. The molecule has 3 aromatic rings. The molecule has 0 amide bonds. The van der Waals surface area contributed by atoms with Gasteiger partial charge in [-0.05, 0) is 114 Å². The van der Waals surface area contributed by atoms with Gasteiger partial charge in [0.1, 0.15) is 11.6 Å². The van der Waals surface area contributed by atoms with Gasteiger partial charge in [-0.15, -0.1) is 0 Å². The standard InChI is InChI=1S/C13H21N.C12H16N2O.2C12H19NO.C12H19N/c1-8(2)12-11(6)10(5)7-14-13(12)9(3)4;1-7(2)10-11(8(3)4)14-6-9(5-13)12(10)15;2*1-7(2)10-11(8(3)4)13-6-9(5)12(10)14;1-8(2)11-10(5)6-7-13-12(11)9(3)4/h7-9,14H,6H2,1-5H3;6-8H,1-4H3,(H,14,15);2*6-8H,1-5H3,(H,13,14);6-9,13H,5H2,1-4H3. The molecule has 0 spiro atoms. The van der Waals surface area contributed by atoms with E-state index in [9.17, 15) is 14.4 Å². The first-order valence-corrected chi connectivity index (χ1v) is 25.7. The highest BCUT2D eigenvalue weighted by molar-refractivity contribution is 5.50. The minimum atomic E-state index is -0.130. The first-order valence-electron chi connectivity index (χ1n) is 25.7.